The lowest BCUT2D eigenvalue weighted by atomic mass is 10.1. The molecule has 0 saturated carbocycles. The smallest absolute Gasteiger partial charge is 0.311 e. The maximum atomic E-state index is 11.5. The Bertz CT molecular complexity index is 331. The minimum absolute atomic E-state index is 0.140. The number of hydrogen-bond acceptors (Lipinski definition) is 2. The van der Waals surface area contributed by atoms with Gasteiger partial charge in [0.05, 0.1) is 0 Å². The second-order valence-corrected chi connectivity index (χ2v) is 3.96. The molecule has 0 saturated heterocycles. The number of carbonyl (C=O) groups excluding carboxylic acids is 1. The average Bonchev–Trinajstić information content (AvgIpc) is 2.21. The van der Waals surface area contributed by atoms with Crippen LogP contribution in [0.4, 0.5) is 0 Å². The third-order valence-corrected chi connectivity index (χ3v) is 2.53. The van der Waals surface area contributed by atoms with Crippen molar-refractivity contribution in [1.29, 1.82) is 0 Å². The van der Waals surface area contributed by atoms with E-state index in [-0.39, 0.29) is 5.97 Å². The maximum Gasteiger partial charge on any atom is 0.311 e. The van der Waals surface area contributed by atoms with Crippen LogP contribution in [0, 0.1) is 12.8 Å². The average molecular weight is 206 g/mol. The van der Waals surface area contributed by atoms with Gasteiger partial charge in [0.2, 0.25) is 0 Å². The zero-order chi connectivity index (χ0) is 11.3. The molecule has 0 amide bonds. The molecule has 0 aliphatic carbocycles. The van der Waals surface area contributed by atoms with Crippen LogP contribution < -0.4 is 4.74 Å². The Morgan fingerprint density at radius 2 is 2.07 bits per heavy atom. The van der Waals surface area contributed by atoms with Crippen molar-refractivity contribution in [2.45, 2.75) is 33.6 Å². The van der Waals surface area contributed by atoms with E-state index in [0.29, 0.717) is 18.1 Å². The first-order valence-electron chi connectivity index (χ1n) is 5.39. The summed E-state index contributed by atoms with van der Waals surface area (Å²) in [5.41, 5.74) is 0.995. The van der Waals surface area contributed by atoms with Crippen molar-refractivity contribution >= 4 is 5.97 Å². The van der Waals surface area contributed by atoms with Gasteiger partial charge in [0, 0.05) is 6.42 Å². The van der Waals surface area contributed by atoms with Crippen LogP contribution in [-0.4, -0.2) is 5.97 Å². The Kier molecular flexibility index (Phi) is 4.35. The Labute approximate surface area is 91.3 Å². The van der Waals surface area contributed by atoms with Crippen LogP contribution in [0.2, 0.25) is 0 Å². The number of rotatable bonds is 4. The summed E-state index contributed by atoms with van der Waals surface area (Å²) in [6.07, 6.45) is 1.49. The van der Waals surface area contributed by atoms with E-state index in [2.05, 4.69) is 13.8 Å². The molecule has 0 radical (unpaired) electrons. The van der Waals surface area contributed by atoms with Gasteiger partial charge in [-0.15, -0.1) is 0 Å². The number of esters is 1. The molecular weight excluding hydrogens is 188 g/mol. The summed E-state index contributed by atoms with van der Waals surface area (Å²) < 4.78 is 5.28. The summed E-state index contributed by atoms with van der Waals surface area (Å²) in [5.74, 6) is 0.922. The molecule has 0 heterocycles. The molecule has 1 rings (SSSR count). The standard InChI is InChI=1S/C13H18O2/c1-4-10(2)9-13(14)15-12-8-6-5-7-11(12)3/h5-8,10H,4,9H2,1-3H3. The third kappa shape index (κ3) is 3.74. The van der Waals surface area contributed by atoms with Crippen LogP contribution in [-0.2, 0) is 4.79 Å². The van der Waals surface area contributed by atoms with Crippen molar-refractivity contribution in [1.82, 2.24) is 0 Å². The largest absolute Gasteiger partial charge is 0.426 e. The number of ether oxygens (including phenoxy) is 1. The summed E-state index contributed by atoms with van der Waals surface area (Å²) in [5, 5.41) is 0. The minimum Gasteiger partial charge on any atom is -0.426 e. The molecule has 0 bridgehead atoms. The monoisotopic (exact) mass is 206 g/mol. The van der Waals surface area contributed by atoms with E-state index in [1.807, 2.05) is 31.2 Å². The number of aryl methyl sites for hydroxylation is 1. The van der Waals surface area contributed by atoms with Gasteiger partial charge in [0.1, 0.15) is 5.75 Å². The quantitative estimate of drug-likeness (QED) is 0.558. The minimum atomic E-state index is -0.140. The molecule has 0 aliphatic rings. The summed E-state index contributed by atoms with van der Waals surface area (Å²) >= 11 is 0. The summed E-state index contributed by atoms with van der Waals surface area (Å²) in [6, 6.07) is 7.57. The van der Waals surface area contributed by atoms with Crippen LogP contribution in [0.1, 0.15) is 32.3 Å². The van der Waals surface area contributed by atoms with E-state index in [0.717, 1.165) is 12.0 Å². The molecule has 1 aromatic rings. The number of hydrogen-bond donors (Lipinski definition) is 0. The lowest BCUT2D eigenvalue weighted by Crippen LogP contribution is -2.12. The highest BCUT2D eigenvalue weighted by Crippen LogP contribution is 2.18. The molecule has 82 valence electrons. The van der Waals surface area contributed by atoms with Crippen LogP contribution in [0.3, 0.4) is 0 Å². The molecular formula is C13H18O2. The summed E-state index contributed by atoms with van der Waals surface area (Å²) in [7, 11) is 0. The first kappa shape index (κ1) is 11.8. The van der Waals surface area contributed by atoms with E-state index in [1.165, 1.54) is 0 Å². The molecule has 15 heavy (non-hydrogen) atoms. The zero-order valence-corrected chi connectivity index (χ0v) is 9.62. The summed E-state index contributed by atoms with van der Waals surface area (Å²) in [6.45, 7) is 6.07. The number of para-hydroxylation sites is 1. The van der Waals surface area contributed by atoms with Crippen LogP contribution in [0.5, 0.6) is 5.75 Å². The second kappa shape index (κ2) is 5.54. The molecule has 1 aromatic carbocycles. The van der Waals surface area contributed by atoms with Crippen LogP contribution in [0.15, 0.2) is 24.3 Å². The molecule has 2 nitrogen and oxygen atoms in total. The van der Waals surface area contributed by atoms with E-state index < -0.39 is 0 Å². The Balaban J connectivity index is 2.55. The van der Waals surface area contributed by atoms with Gasteiger partial charge in [-0.1, -0.05) is 38.5 Å². The highest BCUT2D eigenvalue weighted by molar-refractivity contribution is 5.72. The lowest BCUT2D eigenvalue weighted by Gasteiger charge is -2.09. The van der Waals surface area contributed by atoms with Gasteiger partial charge in [-0.05, 0) is 24.5 Å². The topological polar surface area (TPSA) is 26.3 Å². The van der Waals surface area contributed by atoms with Gasteiger partial charge in [-0.2, -0.15) is 0 Å². The predicted octanol–water partition coefficient (Wildman–Crippen LogP) is 3.34. The highest BCUT2D eigenvalue weighted by atomic mass is 16.5. The molecule has 0 fully saturated rings. The molecule has 1 unspecified atom stereocenters. The van der Waals surface area contributed by atoms with Crippen molar-refractivity contribution < 1.29 is 9.53 Å². The Morgan fingerprint density at radius 1 is 1.40 bits per heavy atom. The van der Waals surface area contributed by atoms with E-state index in [1.54, 1.807) is 0 Å². The first-order chi connectivity index (χ1) is 7.13. The van der Waals surface area contributed by atoms with Gasteiger partial charge >= 0.3 is 5.97 Å². The van der Waals surface area contributed by atoms with Crippen molar-refractivity contribution in [3.63, 3.8) is 0 Å². The van der Waals surface area contributed by atoms with Gasteiger partial charge in [-0.25, -0.2) is 0 Å². The van der Waals surface area contributed by atoms with Gasteiger partial charge in [0.15, 0.2) is 0 Å². The highest BCUT2D eigenvalue weighted by Gasteiger charge is 2.10. The van der Waals surface area contributed by atoms with Crippen molar-refractivity contribution in [3.05, 3.63) is 29.8 Å². The van der Waals surface area contributed by atoms with Gasteiger partial charge in [-0.3, -0.25) is 4.79 Å². The Morgan fingerprint density at radius 3 is 2.67 bits per heavy atom. The molecule has 0 aromatic heterocycles. The predicted molar refractivity (Wildman–Crippen MR) is 60.9 cm³/mol. The number of carbonyl (C=O) groups is 1. The maximum absolute atomic E-state index is 11.5. The van der Waals surface area contributed by atoms with Crippen molar-refractivity contribution in [3.8, 4) is 5.75 Å². The Hall–Kier alpha value is -1.31. The van der Waals surface area contributed by atoms with Crippen LogP contribution >= 0.6 is 0 Å². The fraction of sp³-hybridized carbons (Fsp3) is 0.462. The summed E-state index contributed by atoms with van der Waals surface area (Å²) in [4.78, 5) is 11.5. The molecule has 0 N–H and O–H groups in total. The molecule has 2 heteroatoms. The zero-order valence-electron chi connectivity index (χ0n) is 9.62. The van der Waals surface area contributed by atoms with Gasteiger partial charge < -0.3 is 4.74 Å². The molecule has 1 atom stereocenters. The van der Waals surface area contributed by atoms with Crippen LogP contribution in [0.25, 0.3) is 0 Å². The fourth-order valence-electron chi connectivity index (χ4n) is 1.26. The van der Waals surface area contributed by atoms with Gasteiger partial charge in [0.25, 0.3) is 0 Å². The normalized spacial score (nSPS) is 12.2. The van der Waals surface area contributed by atoms with E-state index >= 15 is 0 Å². The molecule has 0 aliphatic heterocycles. The number of benzene rings is 1. The third-order valence-electron chi connectivity index (χ3n) is 2.53. The van der Waals surface area contributed by atoms with Crippen molar-refractivity contribution in [2.75, 3.05) is 0 Å². The first-order valence-corrected chi connectivity index (χ1v) is 5.39. The van der Waals surface area contributed by atoms with Crippen molar-refractivity contribution in [2.24, 2.45) is 5.92 Å². The van der Waals surface area contributed by atoms with E-state index in [9.17, 15) is 4.79 Å². The fourth-order valence-corrected chi connectivity index (χ4v) is 1.26. The lowest BCUT2D eigenvalue weighted by molar-refractivity contribution is -0.135. The van der Waals surface area contributed by atoms with E-state index in [4.69, 9.17) is 4.74 Å². The molecule has 0 spiro atoms. The SMILES string of the molecule is CCC(C)CC(=O)Oc1ccccc1C. The second-order valence-electron chi connectivity index (χ2n) is 3.96.